The Bertz CT molecular complexity index is 943. The number of piperidine rings is 1. The molecule has 2 heterocycles. The van der Waals surface area contributed by atoms with Crippen LogP contribution in [0, 0.1) is 0 Å². The summed E-state index contributed by atoms with van der Waals surface area (Å²) in [5.74, 6) is -0.170. The summed E-state index contributed by atoms with van der Waals surface area (Å²) < 4.78 is 0. The molecule has 0 spiro atoms. The standard InChI is InChI=1S/C23H27ClN4O2/c1-16-13-22(29)26-18-7-3-4-8-21(18)28(16)23(30)15-25-19-14-17(24)9-10-20(19)27-11-5-2-6-12-27/h3-4,7-10,14,16,25H,2,5-6,11-13,15H2,1H3,(H,26,29). The maximum absolute atomic E-state index is 13.3. The maximum Gasteiger partial charge on any atom is 0.246 e. The van der Waals surface area contributed by atoms with E-state index >= 15 is 0 Å². The highest BCUT2D eigenvalue weighted by Gasteiger charge is 2.29. The first-order valence-electron chi connectivity index (χ1n) is 10.5. The van der Waals surface area contributed by atoms with E-state index in [1.165, 1.54) is 19.3 Å². The zero-order chi connectivity index (χ0) is 21.1. The molecule has 2 aliphatic heterocycles. The first-order valence-corrected chi connectivity index (χ1v) is 10.9. The van der Waals surface area contributed by atoms with Crippen LogP contribution in [0.1, 0.15) is 32.6 Å². The van der Waals surface area contributed by atoms with Gasteiger partial charge in [-0.25, -0.2) is 0 Å². The van der Waals surface area contributed by atoms with Crippen LogP contribution in [0.3, 0.4) is 0 Å². The minimum Gasteiger partial charge on any atom is -0.374 e. The number of nitrogens with zero attached hydrogens (tertiary/aromatic N) is 2. The van der Waals surface area contributed by atoms with Crippen molar-refractivity contribution in [3.63, 3.8) is 0 Å². The zero-order valence-corrected chi connectivity index (χ0v) is 17.9. The van der Waals surface area contributed by atoms with Gasteiger partial charge in [0.25, 0.3) is 0 Å². The molecule has 7 heteroatoms. The van der Waals surface area contributed by atoms with Crippen molar-refractivity contribution in [3.05, 3.63) is 47.5 Å². The van der Waals surface area contributed by atoms with Crippen LogP contribution in [0.15, 0.2) is 42.5 Å². The van der Waals surface area contributed by atoms with Crippen LogP contribution < -0.4 is 20.4 Å². The number of benzene rings is 2. The minimum atomic E-state index is -0.233. The Morgan fingerprint density at radius 3 is 2.70 bits per heavy atom. The van der Waals surface area contributed by atoms with E-state index < -0.39 is 0 Å². The summed E-state index contributed by atoms with van der Waals surface area (Å²) in [7, 11) is 0. The van der Waals surface area contributed by atoms with Crippen molar-refractivity contribution in [3.8, 4) is 0 Å². The first-order chi connectivity index (χ1) is 14.5. The molecular weight excluding hydrogens is 400 g/mol. The average molecular weight is 427 g/mol. The van der Waals surface area contributed by atoms with Crippen molar-refractivity contribution in [2.45, 2.75) is 38.6 Å². The third-order valence-corrected chi connectivity index (χ3v) is 5.95. The SMILES string of the molecule is CC1CC(=O)Nc2ccccc2N1C(=O)CNc1cc(Cl)ccc1N1CCCCC1. The molecule has 0 radical (unpaired) electrons. The van der Waals surface area contributed by atoms with Crippen LogP contribution in [0.4, 0.5) is 22.7 Å². The molecule has 4 rings (SSSR count). The number of hydrogen-bond donors (Lipinski definition) is 2. The highest BCUT2D eigenvalue weighted by Crippen LogP contribution is 2.33. The van der Waals surface area contributed by atoms with E-state index in [4.69, 9.17) is 11.6 Å². The zero-order valence-electron chi connectivity index (χ0n) is 17.2. The molecule has 2 aliphatic rings. The summed E-state index contributed by atoms with van der Waals surface area (Å²) in [6.07, 6.45) is 3.86. The number of amides is 2. The Balaban J connectivity index is 1.55. The fourth-order valence-corrected chi connectivity index (χ4v) is 4.46. The van der Waals surface area contributed by atoms with Gasteiger partial charge in [-0.15, -0.1) is 0 Å². The van der Waals surface area contributed by atoms with Crippen molar-refractivity contribution in [2.24, 2.45) is 0 Å². The summed E-state index contributed by atoms with van der Waals surface area (Å²) >= 11 is 6.25. The van der Waals surface area contributed by atoms with Crippen molar-refractivity contribution < 1.29 is 9.59 Å². The van der Waals surface area contributed by atoms with Crippen LogP contribution in [0.2, 0.25) is 5.02 Å². The van der Waals surface area contributed by atoms with E-state index in [1.807, 2.05) is 49.4 Å². The Morgan fingerprint density at radius 1 is 1.13 bits per heavy atom. The number of carbonyl (C=O) groups is 2. The fraction of sp³-hybridized carbons (Fsp3) is 0.391. The largest absolute Gasteiger partial charge is 0.374 e. The van der Waals surface area contributed by atoms with Gasteiger partial charge < -0.3 is 20.4 Å². The van der Waals surface area contributed by atoms with E-state index in [2.05, 4.69) is 15.5 Å². The van der Waals surface area contributed by atoms with Gasteiger partial charge in [0.2, 0.25) is 11.8 Å². The normalized spacial score (nSPS) is 19.0. The van der Waals surface area contributed by atoms with E-state index in [0.717, 1.165) is 30.2 Å². The average Bonchev–Trinajstić information content (AvgIpc) is 2.87. The van der Waals surface area contributed by atoms with Crippen molar-refractivity contribution in [1.82, 2.24) is 0 Å². The van der Waals surface area contributed by atoms with Crippen LogP contribution >= 0.6 is 11.6 Å². The number of rotatable bonds is 4. The maximum atomic E-state index is 13.3. The summed E-state index contributed by atoms with van der Waals surface area (Å²) in [6.45, 7) is 4.04. The molecule has 1 fully saturated rings. The summed E-state index contributed by atoms with van der Waals surface area (Å²) in [6, 6.07) is 13.0. The minimum absolute atomic E-state index is 0.0829. The Kier molecular flexibility index (Phi) is 6.13. The number of hydrogen-bond acceptors (Lipinski definition) is 4. The molecule has 2 aromatic carbocycles. The fourth-order valence-electron chi connectivity index (χ4n) is 4.28. The molecule has 2 N–H and O–H groups in total. The number of fused-ring (bicyclic) bond motifs is 1. The first kappa shape index (κ1) is 20.5. The molecule has 0 aromatic heterocycles. The molecule has 30 heavy (non-hydrogen) atoms. The second-order valence-electron chi connectivity index (χ2n) is 7.94. The molecule has 6 nitrogen and oxygen atoms in total. The summed E-state index contributed by atoms with van der Waals surface area (Å²) in [5, 5.41) is 6.84. The Hall–Kier alpha value is -2.73. The second kappa shape index (κ2) is 8.96. The van der Waals surface area contributed by atoms with Crippen LogP contribution in [-0.4, -0.2) is 37.5 Å². The van der Waals surface area contributed by atoms with E-state index in [1.54, 1.807) is 4.90 Å². The number of para-hydroxylation sites is 2. The van der Waals surface area contributed by atoms with Gasteiger partial charge in [0.1, 0.15) is 0 Å². The highest BCUT2D eigenvalue weighted by atomic mass is 35.5. The molecular formula is C23H27ClN4O2. The third kappa shape index (κ3) is 4.38. The van der Waals surface area contributed by atoms with Gasteiger partial charge in [0, 0.05) is 30.6 Å². The molecule has 158 valence electrons. The van der Waals surface area contributed by atoms with Gasteiger partial charge >= 0.3 is 0 Å². The monoisotopic (exact) mass is 426 g/mol. The lowest BCUT2D eigenvalue weighted by atomic mass is 10.1. The number of nitrogens with one attached hydrogen (secondary N) is 2. The van der Waals surface area contributed by atoms with Crippen molar-refractivity contribution in [2.75, 3.05) is 40.1 Å². The van der Waals surface area contributed by atoms with Crippen molar-refractivity contribution in [1.29, 1.82) is 0 Å². The van der Waals surface area contributed by atoms with E-state index in [9.17, 15) is 9.59 Å². The predicted octanol–water partition coefficient (Wildman–Crippen LogP) is 4.51. The Labute approximate surface area is 182 Å². The highest BCUT2D eigenvalue weighted by molar-refractivity contribution is 6.31. The third-order valence-electron chi connectivity index (χ3n) is 5.71. The molecule has 2 amide bonds. The summed E-state index contributed by atoms with van der Waals surface area (Å²) in [5.41, 5.74) is 3.33. The topological polar surface area (TPSA) is 64.7 Å². The summed E-state index contributed by atoms with van der Waals surface area (Å²) in [4.78, 5) is 29.5. The van der Waals surface area contributed by atoms with Gasteiger partial charge in [-0.05, 0) is 56.5 Å². The number of halogens is 1. The van der Waals surface area contributed by atoms with Gasteiger partial charge in [0.05, 0.1) is 29.3 Å². The molecule has 0 aliphatic carbocycles. The molecule has 0 saturated carbocycles. The molecule has 1 unspecified atom stereocenters. The van der Waals surface area contributed by atoms with Gasteiger partial charge in [-0.3, -0.25) is 9.59 Å². The lowest BCUT2D eigenvalue weighted by Gasteiger charge is -2.31. The number of carbonyl (C=O) groups excluding carboxylic acids is 2. The lowest BCUT2D eigenvalue weighted by Crippen LogP contribution is -2.42. The molecule has 1 atom stereocenters. The number of anilines is 4. The molecule has 2 aromatic rings. The molecule has 1 saturated heterocycles. The van der Waals surface area contributed by atoms with E-state index in [0.29, 0.717) is 10.7 Å². The van der Waals surface area contributed by atoms with Crippen LogP contribution in [0.25, 0.3) is 0 Å². The predicted molar refractivity (Wildman–Crippen MR) is 123 cm³/mol. The lowest BCUT2D eigenvalue weighted by molar-refractivity contribution is -0.118. The van der Waals surface area contributed by atoms with Gasteiger partial charge in [-0.2, -0.15) is 0 Å². The van der Waals surface area contributed by atoms with E-state index in [-0.39, 0.29) is 30.8 Å². The molecule has 0 bridgehead atoms. The van der Waals surface area contributed by atoms with Crippen LogP contribution in [-0.2, 0) is 9.59 Å². The van der Waals surface area contributed by atoms with Gasteiger partial charge in [0.15, 0.2) is 0 Å². The van der Waals surface area contributed by atoms with Gasteiger partial charge in [-0.1, -0.05) is 23.7 Å². The van der Waals surface area contributed by atoms with Crippen molar-refractivity contribution >= 4 is 46.2 Å². The second-order valence-corrected chi connectivity index (χ2v) is 8.38. The Morgan fingerprint density at radius 2 is 1.90 bits per heavy atom. The van der Waals surface area contributed by atoms with Crippen LogP contribution in [0.5, 0.6) is 0 Å². The smallest absolute Gasteiger partial charge is 0.246 e. The quantitative estimate of drug-likeness (QED) is 0.755.